The number of hydrogen-bond donors (Lipinski definition) is 3. The third-order valence-corrected chi connectivity index (χ3v) is 5.14. The number of rotatable bonds is 8. The van der Waals surface area contributed by atoms with Crippen molar-refractivity contribution in [2.45, 2.75) is 38.3 Å². The number of aliphatic carboxylic acids is 1. The number of hydrogen-bond acceptors (Lipinski definition) is 5. The van der Waals surface area contributed by atoms with E-state index in [9.17, 15) is 24.6 Å². The maximum Gasteiger partial charge on any atom is 0.352 e. The highest BCUT2D eigenvalue weighted by atomic mass is 32.2. The molecule has 0 spiro atoms. The summed E-state index contributed by atoms with van der Waals surface area (Å²) in [6, 6.07) is -0.236. The Kier molecular flexibility index (Phi) is 5.12. The Balaban J connectivity index is 1.97. The summed E-state index contributed by atoms with van der Waals surface area (Å²) < 4.78 is 0. The lowest BCUT2D eigenvalue weighted by molar-refractivity contribution is -0.161. The molecule has 2 heterocycles. The van der Waals surface area contributed by atoms with Crippen LogP contribution in [0, 0.1) is 5.92 Å². The van der Waals surface area contributed by atoms with Crippen molar-refractivity contribution in [2.75, 3.05) is 11.5 Å². The Morgan fingerprint density at radius 3 is 2.73 bits per heavy atom. The van der Waals surface area contributed by atoms with Crippen LogP contribution in [0.4, 0.5) is 0 Å². The summed E-state index contributed by atoms with van der Waals surface area (Å²) in [4.78, 5) is 35.4. The van der Waals surface area contributed by atoms with Crippen molar-refractivity contribution in [3.8, 4) is 0 Å². The second kappa shape index (κ2) is 6.70. The Bertz CT molecular complexity index is 531. The van der Waals surface area contributed by atoms with Gasteiger partial charge in [-0.1, -0.05) is 0 Å². The summed E-state index contributed by atoms with van der Waals surface area (Å²) in [5, 5.41) is 19.0. The lowest BCUT2D eigenvalue weighted by Crippen LogP contribution is -2.61. The maximum atomic E-state index is 12.0. The highest BCUT2D eigenvalue weighted by Gasteiger charge is 2.56. The fraction of sp³-hybridized carbons (Fsp3) is 0.643. The molecule has 2 aliphatic rings. The van der Waals surface area contributed by atoms with E-state index >= 15 is 0 Å². The van der Waals surface area contributed by atoms with Crippen molar-refractivity contribution < 1.29 is 24.6 Å². The van der Waals surface area contributed by atoms with Crippen molar-refractivity contribution in [1.82, 2.24) is 4.90 Å². The number of aliphatic hydroxyl groups excluding tert-OH is 1. The first-order valence-corrected chi connectivity index (χ1v) is 8.32. The van der Waals surface area contributed by atoms with Crippen LogP contribution in [0.15, 0.2) is 11.3 Å². The van der Waals surface area contributed by atoms with Crippen LogP contribution in [0.1, 0.15) is 26.2 Å². The van der Waals surface area contributed by atoms with E-state index in [2.05, 4.69) is 0 Å². The quantitative estimate of drug-likeness (QED) is 0.424. The highest BCUT2D eigenvalue weighted by Crippen LogP contribution is 2.44. The Hall–Kier alpha value is -1.54. The van der Waals surface area contributed by atoms with Gasteiger partial charge in [-0.3, -0.25) is 9.59 Å². The third kappa shape index (κ3) is 3.12. The number of carboxylic acid groups (broad SMARTS) is 1. The number of nitrogens with two attached hydrogens (primary N) is 1. The van der Waals surface area contributed by atoms with Crippen LogP contribution in [0.5, 0.6) is 0 Å². The van der Waals surface area contributed by atoms with Gasteiger partial charge in [-0.15, -0.1) is 0 Å². The summed E-state index contributed by atoms with van der Waals surface area (Å²) >= 11 is 1.53. The van der Waals surface area contributed by atoms with Gasteiger partial charge >= 0.3 is 5.97 Å². The standard InChI is InChI=1S/C14H20N2O5S/c1-7(17)11-9-5-8(6-22-4-2-3-10(15)18)12(14(20)21)16(9)13(11)19/h7,9,11,17H,2-6H2,1H3,(H2,15,18)(H,20,21). The van der Waals surface area contributed by atoms with Crippen LogP contribution in [-0.4, -0.2) is 56.5 Å². The van der Waals surface area contributed by atoms with E-state index in [-0.39, 0.29) is 23.6 Å². The molecule has 3 unspecified atom stereocenters. The molecule has 0 aromatic rings. The normalized spacial score (nSPS) is 25.0. The second-order valence-electron chi connectivity index (χ2n) is 5.63. The SMILES string of the molecule is CC(O)C1C(=O)N2C(C(=O)O)=C(CSCCCC(N)=O)CC12. The summed E-state index contributed by atoms with van der Waals surface area (Å²) in [6.45, 7) is 1.55. The number of carbonyl (C=O) groups excluding carboxylic acids is 2. The van der Waals surface area contributed by atoms with Gasteiger partial charge in [-0.2, -0.15) is 11.8 Å². The first-order chi connectivity index (χ1) is 10.3. The molecular formula is C14H20N2O5S. The van der Waals surface area contributed by atoms with E-state index in [1.165, 1.54) is 16.7 Å². The summed E-state index contributed by atoms with van der Waals surface area (Å²) in [7, 11) is 0. The fourth-order valence-corrected chi connectivity index (χ4v) is 4.03. The lowest BCUT2D eigenvalue weighted by atomic mass is 9.83. The van der Waals surface area contributed by atoms with Gasteiger partial charge in [0.1, 0.15) is 5.70 Å². The second-order valence-corrected chi connectivity index (χ2v) is 6.73. The Labute approximate surface area is 132 Å². The Morgan fingerprint density at radius 2 is 2.18 bits per heavy atom. The van der Waals surface area contributed by atoms with Gasteiger partial charge in [0.15, 0.2) is 0 Å². The third-order valence-electron chi connectivity index (χ3n) is 4.01. The largest absolute Gasteiger partial charge is 0.477 e. The van der Waals surface area contributed by atoms with Gasteiger partial charge in [0.25, 0.3) is 0 Å². The van der Waals surface area contributed by atoms with Gasteiger partial charge in [-0.25, -0.2) is 4.79 Å². The molecule has 0 aromatic carbocycles. The molecule has 22 heavy (non-hydrogen) atoms. The zero-order valence-corrected chi connectivity index (χ0v) is 13.1. The molecule has 1 saturated heterocycles. The number of nitrogens with zero attached hydrogens (tertiary/aromatic N) is 1. The van der Waals surface area contributed by atoms with Gasteiger partial charge < -0.3 is 20.8 Å². The molecule has 0 aliphatic carbocycles. The molecule has 2 aliphatic heterocycles. The van der Waals surface area contributed by atoms with E-state index in [4.69, 9.17) is 5.73 Å². The number of fused-ring (bicyclic) bond motifs is 1. The molecule has 2 rings (SSSR count). The van der Waals surface area contributed by atoms with Crippen molar-refractivity contribution >= 4 is 29.5 Å². The molecule has 0 aromatic heterocycles. The molecule has 2 amide bonds. The van der Waals surface area contributed by atoms with Crippen molar-refractivity contribution in [2.24, 2.45) is 11.7 Å². The molecule has 4 N–H and O–H groups in total. The number of amides is 2. The number of thioether (sulfide) groups is 1. The maximum absolute atomic E-state index is 12.0. The van der Waals surface area contributed by atoms with Crippen LogP contribution in [-0.2, 0) is 14.4 Å². The van der Waals surface area contributed by atoms with Crippen LogP contribution in [0.25, 0.3) is 0 Å². The van der Waals surface area contributed by atoms with Crippen LogP contribution < -0.4 is 5.73 Å². The molecule has 0 radical (unpaired) electrons. The van der Waals surface area contributed by atoms with E-state index < -0.39 is 18.0 Å². The summed E-state index contributed by atoms with van der Waals surface area (Å²) in [6.07, 6.45) is 0.685. The smallest absolute Gasteiger partial charge is 0.352 e. The predicted molar refractivity (Wildman–Crippen MR) is 80.8 cm³/mol. The molecule has 1 fully saturated rings. The van der Waals surface area contributed by atoms with Crippen LogP contribution >= 0.6 is 11.8 Å². The molecular weight excluding hydrogens is 308 g/mol. The first-order valence-electron chi connectivity index (χ1n) is 7.17. The molecule has 7 nitrogen and oxygen atoms in total. The van der Waals surface area contributed by atoms with Crippen LogP contribution in [0.3, 0.4) is 0 Å². The van der Waals surface area contributed by atoms with E-state index in [1.807, 2.05) is 0 Å². The van der Waals surface area contributed by atoms with Crippen molar-refractivity contribution in [1.29, 1.82) is 0 Å². The zero-order valence-electron chi connectivity index (χ0n) is 12.3. The molecule has 3 atom stereocenters. The number of primary amides is 1. The average molecular weight is 328 g/mol. The van der Waals surface area contributed by atoms with Crippen LogP contribution in [0.2, 0.25) is 0 Å². The van der Waals surface area contributed by atoms with E-state index in [1.54, 1.807) is 6.92 Å². The number of carboxylic acids is 1. The molecule has 122 valence electrons. The molecule has 8 heteroatoms. The predicted octanol–water partition coefficient (Wildman–Crippen LogP) is -0.0647. The number of β-lactam (4-membered cyclic amide) rings is 1. The van der Waals surface area contributed by atoms with E-state index in [0.717, 1.165) is 5.57 Å². The minimum Gasteiger partial charge on any atom is -0.477 e. The Morgan fingerprint density at radius 1 is 1.50 bits per heavy atom. The highest BCUT2D eigenvalue weighted by molar-refractivity contribution is 7.99. The minimum atomic E-state index is -1.10. The molecule has 0 bridgehead atoms. The minimum absolute atomic E-state index is 0.0642. The monoisotopic (exact) mass is 328 g/mol. The first kappa shape index (κ1) is 16.8. The summed E-state index contributed by atoms with van der Waals surface area (Å²) in [5.41, 5.74) is 5.84. The average Bonchev–Trinajstić information content (AvgIpc) is 2.72. The number of aliphatic hydroxyl groups is 1. The lowest BCUT2D eigenvalue weighted by Gasteiger charge is -2.44. The fourth-order valence-electron chi connectivity index (χ4n) is 3.03. The van der Waals surface area contributed by atoms with Gasteiger partial charge in [0.05, 0.1) is 18.1 Å². The summed E-state index contributed by atoms with van der Waals surface area (Å²) in [5.74, 6) is -1.06. The van der Waals surface area contributed by atoms with Gasteiger partial charge in [-0.05, 0) is 31.1 Å². The van der Waals surface area contributed by atoms with Gasteiger partial charge in [0.2, 0.25) is 11.8 Å². The van der Waals surface area contributed by atoms with Gasteiger partial charge in [0, 0.05) is 12.2 Å². The van der Waals surface area contributed by atoms with E-state index in [0.29, 0.717) is 30.8 Å². The molecule has 0 saturated carbocycles. The van der Waals surface area contributed by atoms with Crippen molar-refractivity contribution in [3.05, 3.63) is 11.3 Å². The topological polar surface area (TPSA) is 121 Å². The number of carbonyl (C=O) groups is 3. The van der Waals surface area contributed by atoms with Crippen molar-refractivity contribution in [3.63, 3.8) is 0 Å². The zero-order chi connectivity index (χ0) is 16.4.